The number of methoxy groups -OCH3 is 3. The van der Waals surface area contributed by atoms with Gasteiger partial charge in [0.05, 0.1) is 32.5 Å². The zero-order chi connectivity index (χ0) is 20.3. The highest BCUT2D eigenvalue weighted by atomic mass is 19.2. The SMILES string of the molecule is COc1ccc(C(=O)c2cc(F)c(F)c(OC)c2F)c(OC)c1NC(C)=O. The zero-order valence-electron chi connectivity index (χ0n) is 14.9. The Labute approximate surface area is 152 Å². The lowest BCUT2D eigenvalue weighted by molar-refractivity contribution is -0.114. The Kier molecular flexibility index (Phi) is 5.94. The van der Waals surface area contributed by atoms with Gasteiger partial charge in [0.2, 0.25) is 11.7 Å². The average molecular weight is 383 g/mol. The molecule has 0 radical (unpaired) electrons. The number of rotatable bonds is 6. The van der Waals surface area contributed by atoms with Crippen LogP contribution in [-0.4, -0.2) is 33.0 Å². The highest BCUT2D eigenvalue weighted by Crippen LogP contribution is 2.39. The van der Waals surface area contributed by atoms with E-state index in [1.165, 1.54) is 33.3 Å². The van der Waals surface area contributed by atoms with Crippen LogP contribution in [0.5, 0.6) is 17.2 Å². The molecule has 0 aliphatic rings. The molecule has 0 spiro atoms. The van der Waals surface area contributed by atoms with Crippen LogP contribution in [0.4, 0.5) is 18.9 Å². The van der Waals surface area contributed by atoms with Crippen molar-refractivity contribution in [2.45, 2.75) is 6.92 Å². The first kappa shape index (κ1) is 20.1. The van der Waals surface area contributed by atoms with Crippen molar-refractivity contribution in [3.63, 3.8) is 0 Å². The minimum Gasteiger partial charge on any atom is -0.494 e. The average Bonchev–Trinajstić information content (AvgIpc) is 2.63. The molecule has 0 fully saturated rings. The summed E-state index contributed by atoms with van der Waals surface area (Å²) in [7, 11) is 3.50. The number of carbonyl (C=O) groups excluding carboxylic acids is 2. The smallest absolute Gasteiger partial charge is 0.221 e. The summed E-state index contributed by atoms with van der Waals surface area (Å²) in [5.74, 6) is -6.81. The van der Waals surface area contributed by atoms with Crippen LogP contribution >= 0.6 is 0 Å². The van der Waals surface area contributed by atoms with E-state index >= 15 is 0 Å². The first-order chi connectivity index (χ1) is 12.8. The maximum atomic E-state index is 14.5. The van der Waals surface area contributed by atoms with Crippen molar-refractivity contribution in [2.24, 2.45) is 0 Å². The van der Waals surface area contributed by atoms with Gasteiger partial charge in [-0.25, -0.2) is 8.78 Å². The summed E-state index contributed by atoms with van der Waals surface area (Å²) in [6.07, 6.45) is 0. The molecule has 0 heterocycles. The van der Waals surface area contributed by atoms with Crippen LogP contribution < -0.4 is 19.5 Å². The van der Waals surface area contributed by atoms with E-state index in [9.17, 15) is 22.8 Å². The van der Waals surface area contributed by atoms with E-state index in [-0.39, 0.29) is 22.7 Å². The van der Waals surface area contributed by atoms with E-state index in [1.54, 1.807) is 0 Å². The summed E-state index contributed by atoms with van der Waals surface area (Å²) in [4.78, 5) is 24.2. The van der Waals surface area contributed by atoms with Crippen LogP contribution in [0.3, 0.4) is 0 Å². The Balaban J connectivity index is 2.70. The van der Waals surface area contributed by atoms with Crippen molar-refractivity contribution < 1.29 is 37.0 Å². The largest absolute Gasteiger partial charge is 0.494 e. The monoisotopic (exact) mass is 383 g/mol. The first-order valence-corrected chi connectivity index (χ1v) is 7.55. The lowest BCUT2D eigenvalue weighted by Crippen LogP contribution is -2.13. The van der Waals surface area contributed by atoms with Gasteiger partial charge in [-0.05, 0) is 18.2 Å². The molecule has 2 rings (SSSR count). The van der Waals surface area contributed by atoms with Crippen molar-refractivity contribution in [1.82, 2.24) is 0 Å². The van der Waals surface area contributed by atoms with Crippen molar-refractivity contribution in [2.75, 3.05) is 26.6 Å². The quantitative estimate of drug-likeness (QED) is 0.612. The van der Waals surface area contributed by atoms with Crippen LogP contribution in [0.2, 0.25) is 0 Å². The van der Waals surface area contributed by atoms with Crippen molar-refractivity contribution in [3.05, 3.63) is 46.8 Å². The van der Waals surface area contributed by atoms with Gasteiger partial charge in [0.25, 0.3) is 0 Å². The molecule has 0 bridgehead atoms. The number of hydrogen-bond acceptors (Lipinski definition) is 5. The van der Waals surface area contributed by atoms with Crippen LogP contribution in [0.25, 0.3) is 0 Å². The van der Waals surface area contributed by atoms with Crippen molar-refractivity contribution >= 4 is 17.4 Å². The van der Waals surface area contributed by atoms with E-state index < -0.39 is 40.5 Å². The number of anilines is 1. The van der Waals surface area contributed by atoms with E-state index in [0.717, 1.165) is 7.11 Å². The number of halogens is 3. The Morgan fingerprint density at radius 2 is 1.52 bits per heavy atom. The number of nitrogens with one attached hydrogen (secondary N) is 1. The lowest BCUT2D eigenvalue weighted by Gasteiger charge is -2.17. The van der Waals surface area contributed by atoms with E-state index in [1.807, 2.05) is 0 Å². The van der Waals surface area contributed by atoms with Crippen molar-refractivity contribution in [1.29, 1.82) is 0 Å². The normalized spacial score (nSPS) is 10.3. The van der Waals surface area contributed by atoms with E-state index in [2.05, 4.69) is 10.1 Å². The lowest BCUT2D eigenvalue weighted by atomic mass is 9.99. The van der Waals surface area contributed by atoms with Crippen LogP contribution in [-0.2, 0) is 4.79 Å². The third-order valence-corrected chi connectivity index (χ3v) is 3.65. The summed E-state index contributed by atoms with van der Waals surface area (Å²) in [5.41, 5.74) is -0.926. The van der Waals surface area contributed by atoms with E-state index in [0.29, 0.717) is 6.07 Å². The predicted molar refractivity (Wildman–Crippen MR) is 90.2 cm³/mol. The fourth-order valence-corrected chi connectivity index (χ4v) is 2.49. The van der Waals surface area contributed by atoms with Crippen LogP contribution in [0.1, 0.15) is 22.8 Å². The van der Waals surface area contributed by atoms with Gasteiger partial charge in [0.15, 0.2) is 28.9 Å². The Hall–Kier alpha value is -3.23. The second kappa shape index (κ2) is 7.98. The topological polar surface area (TPSA) is 73.9 Å². The van der Waals surface area contributed by atoms with Gasteiger partial charge in [0.1, 0.15) is 11.4 Å². The summed E-state index contributed by atoms with van der Waals surface area (Å²) >= 11 is 0. The van der Waals surface area contributed by atoms with Crippen LogP contribution in [0.15, 0.2) is 18.2 Å². The molecule has 0 aromatic heterocycles. The molecule has 27 heavy (non-hydrogen) atoms. The van der Waals surface area contributed by atoms with Gasteiger partial charge in [0, 0.05) is 6.92 Å². The third kappa shape index (κ3) is 3.67. The highest BCUT2D eigenvalue weighted by Gasteiger charge is 2.28. The molecule has 2 aromatic carbocycles. The number of ketones is 1. The van der Waals surface area contributed by atoms with E-state index in [4.69, 9.17) is 9.47 Å². The molecule has 0 aliphatic heterocycles. The molecule has 144 valence electrons. The highest BCUT2D eigenvalue weighted by molar-refractivity contribution is 6.13. The molecular weight excluding hydrogens is 367 g/mol. The minimum absolute atomic E-state index is 0.0355. The van der Waals surface area contributed by atoms with Crippen molar-refractivity contribution in [3.8, 4) is 17.2 Å². The predicted octanol–water partition coefficient (Wildman–Crippen LogP) is 3.32. The molecular formula is C18H16F3NO5. The van der Waals surface area contributed by atoms with Gasteiger partial charge >= 0.3 is 0 Å². The minimum atomic E-state index is -1.55. The third-order valence-electron chi connectivity index (χ3n) is 3.65. The molecule has 1 amide bonds. The molecule has 0 unspecified atom stereocenters. The maximum absolute atomic E-state index is 14.5. The fraction of sp³-hybridized carbons (Fsp3) is 0.222. The number of hydrogen-bond donors (Lipinski definition) is 1. The molecule has 1 N–H and O–H groups in total. The summed E-state index contributed by atoms with van der Waals surface area (Å²) < 4.78 is 56.6. The molecule has 0 atom stereocenters. The number of amides is 1. The number of benzene rings is 2. The Morgan fingerprint density at radius 1 is 0.889 bits per heavy atom. The molecule has 6 nitrogen and oxygen atoms in total. The van der Waals surface area contributed by atoms with Gasteiger partial charge < -0.3 is 19.5 Å². The molecule has 9 heteroatoms. The summed E-state index contributed by atoms with van der Waals surface area (Å²) in [6.45, 7) is 1.23. The number of carbonyl (C=O) groups is 2. The summed E-state index contributed by atoms with van der Waals surface area (Å²) in [5, 5.41) is 2.45. The van der Waals surface area contributed by atoms with Crippen LogP contribution in [0, 0.1) is 17.5 Å². The standard InChI is InChI=1S/C18H16F3NO5/c1-8(23)22-15-12(25-2)6-5-9(17(15)26-3)16(24)10-7-11(19)14(21)18(27-4)13(10)20/h5-7H,1-4H3,(H,22,23). The van der Waals surface area contributed by atoms with Gasteiger partial charge in [-0.15, -0.1) is 0 Å². The fourth-order valence-electron chi connectivity index (χ4n) is 2.49. The zero-order valence-corrected chi connectivity index (χ0v) is 14.9. The Morgan fingerprint density at radius 3 is 2.04 bits per heavy atom. The maximum Gasteiger partial charge on any atom is 0.221 e. The molecule has 0 saturated carbocycles. The molecule has 0 aliphatic carbocycles. The first-order valence-electron chi connectivity index (χ1n) is 7.55. The van der Waals surface area contributed by atoms with Gasteiger partial charge in [-0.1, -0.05) is 0 Å². The molecule has 0 saturated heterocycles. The summed E-state index contributed by atoms with van der Waals surface area (Å²) in [6, 6.07) is 3.02. The number of ether oxygens (including phenoxy) is 3. The molecule has 2 aromatic rings. The second-order valence-electron chi connectivity index (χ2n) is 5.30. The Bertz CT molecular complexity index is 915. The van der Waals surface area contributed by atoms with Gasteiger partial charge in [-0.3, -0.25) is 9.59 Å². The second-order valence-corrected chi connectivity index (χ2v) is 5.30. The van der Waals surface area contributed by atoms with Gasteiger partial charge in [-0.2, -0.15) is 4.39 Å².